The number of esters is 2. The van der Waals surface area contributed by atoms with Gasteiger partial charge in [0.1, 0.15) is 13.2 Å². The SMILES string of the molecule is CC/C=C\C/C=C\C/C=C\C/C=C\C/C=C\C/C=C\CCCCCCCCCCCCCCCCCCCCCCCCC(=O)OC(COC(=O)CCCCCCCCCCCCCCCCCCCCCCCCCCCCCCCCCCCCCCCC)COC(OCC[N+](C)(C)C)C(=O)O. The first kappa shape index (κ1) is 101. The van der Waals surface area contributed by atoms with Gasteiger partial charge in [-0.25, -0.2) is 4.79 Å². The van der Waals surface area contributed by atoms with E-state index in [0.29, 0.717) is 17.4 Å². The number of nitrogens with zero attached hydrogens (tertiary/aromatic N) is 1. The Morgan fingerprint density at radius 2 is 0.548 bits per heavy atom. The molecule has 0 aliphatic carbocycles. The van der Waals surface area contributed by atoms with Crippen molar-refractivity contribution >= 4 is 17.9 Å². The van der Waals surface area contributed by atoms with Gasteiger partial charge in [0.05, 0.1) is 34.4 Å². The van der Waals surface area contributed by atoms with E-state index in [0.717, 1.165) is 77.0 Å². The summed E-state index contributed by atoms with van der Waals surface area (Å²) in [6.45, 7) is 4.85. The molecule has 0 saturated heterocycles. The van der Waals surface area contributed by atoms with Crippen molar-refractivity contribution in [1.82, 2.24) is 0 Å². The first-order valence-corrected chi connectivity index (χ1v) is 45.6. The average Bonchev–Trinajstić information content (AvgIpc) is 0.971. The molecule has 0 spiro atoms. The zero-order chi connectivity index (χ0) is 75.3. The lowest BCUT2D eigenvalue weighted by atomic mass is 10.0. The van der Waals surface area contributed by atoms with Crippen molar-refractivity contribution in [3.05, 3.63) is 72.9 Å². The highest BCUT2D eigenvalue weighted by molar-refractivity contribution is 5.71. The molecule has 0 aromatic heterocycles. The molecular weight excluding hydrogens is 1280 g/mol. The van der Waals surface area contributed by atoms with Crippen LogP contribution in [-0.4, -0.2) is 87.4 Å². The van der Waals surface area contributed by atoms with Crippen molar-refractivity contribution < 1.29 is 42.9 Å². The number of carboxylic acids is 1. The van der Waals surface area contributed by atoms with Crippen LogP contribution in [0.1, 0.15) is 457 Å². The Balaban J connectivity index is 3.90. The van der Waals surface area contributed by atoms with E-state index in [4.69, 9.17) is 18.9 Å². The van der Waals surface area contributed by atoms with E-state index in [-0.39, 0.29) is 38.2 Å². The molecular formula is C95H176NO8+. The first-order valence-electron chi connectivity index (χ1n) is 45.6. The van der Waals surface area contributed by atoms with E-state index in [1.54, 1.807) is 0 Å². The molecule has 104 heavy (non-hydrogen) atoms. The molecule has 0 heterocycles. The predicted molar refractivity (Wildman–Crippen MR) is 452 cm³/mol. The number of unbranched alkanes of at least 4 members (excludes halogenated alkanes) is 59. The van der Waals surface area contributed by atoms with E-state index in [1.807, 2.05) is 21.1 Å². The summed E-state index contributed by atoms with van der Waals surface area (Å²) in [5.41, 5.74) is 0. The van der Waals surface area contributed by atoms with Gasteiger partial charge in [-0.15, -0.1) is 0 Å². The minimum Gasteiger partial charge on any atom is -0.477 e. The van der Waals surface area contributed by atoms with Gasteiger partial charge in [-0.2, -0.15) is 0 Å². The fourth-order valence-electron chi connectivity index (χ4n) is 13.9. The smallest absolute Gasteiger partial charge is 0.361 e. The Bertz CT molecular complexity index is 1950. The fourth-order valence-corrected chi connectivity index (χ4v) is 13.9. The molecule has 0 radical (unpaired) electrons. The van der Waals surface area contributed by atoms with E-state index in [1.165, 1.54) is 353 Å². The number of allylic oxidation sites excluding steroid dienone is 12. The van der Waals surface area contributed by atoms with Gasteiger partial charge in [-0.05, 0) is 64.2 Å². The normalized spacial score (nSPS) is 12.9. The predicted octanol–water partition coefficient (Wildman–Crippen LogP) is 29.9. The molecule has 0 amide bonds. The van der Waals surface area contributed by atoms with Gasteiger partial charge in [0, 0.05) is 12.8 Å². The molecule has 9 heteroatoms. The highest BCUT2D eigenvalue weighted by atomic mass is 16.7. The Morgan fingerprint density at radius 1 is 0.298 bits per heavy atom. The summed E-state index contributed by atoms with van der Waals surface area (Å²) in [5.74, 6) is -1.97. The lowest BCUT2D eigenvalue weighted by Gasteiger charge is -2.25. The number of rotatable bonds is 86. The molecule has 0 saturated carbocycles. The van der Waals surface area contributed by atoms with Gasteiger partial charge in [0.15, 0.2) is 6.10 Å². The van der Waals surface area contributed by atoms with Crippen LogP contribution in [0.25, 0.3) is 0 Å². The van der Waals surface area contributed by atoms with Crippen molar-refractivity contribution in [1.29, 1.82) is 0 Å². The van der Waals surface area contributed by atoms with Crippen molar-refractivity contribution in [2.75, 3.05) is 47.5 Å². The van der Waals surface area contributed by atoms with Gasteiger partial charge in [-0.3, -0.25) is 9.59 Å². The number of quaternary nitrogens is 1. The Hall–Kier alpha value is -3.27. The average molecular weight is 1460 g/mol. The summed E-state index contributed by atoms with van der Waals surface area (Å²) < 4.78 is 23.1. The Morgan fingerprint density at radius 3 is 0.817 bits per heavy atom. The summed E-state index contributed by atoms with van der Waals surface area (Å²) in [4.78, 5) is 37.8. The number of aliphatic carboxylic acids is 1. The van der Waals surface area contributed by atoms with Crippen molar-refractivity contribution in [2.24, 2.45) is 0 Å². The second-order valence-corrected chi connectivity index (χ2v) is 32.2. The minimum atomic E-state index is -1.51. The van der Waals surface area contributed by atoms with Gasteiger partial charge in [0.25, 0.3) is 6.29 Å². The maximum Gasteiger partial charge on any atom is 0.361 e. The topological polar surface area (TPSA) is 108 Å². The molecule has 0 aliphatic heterocycles. The summed E-state index contributed by atoms with van der Waals surface area (Å²) >= 11 is 0. The number of carbonyl (C=O) groups excluding carboxylic acids is 2. The van der Waals surface area contributed by atoms with Crippen LogP contribution in [0.3, 0.4) is 0 Å². The number of hydrogen-bond donors (Lipinski definition) is 1. The van der Waals surface area contributed by atoms with E-state index in [2.05, 4.69) is 86.8 Å². The van der Waals surface area contributed by atoms with Crippen LogP contribution >= 0.6 is 0 Å². The second-order valence-electron chi connectivity index (χ2n) is 32.2. The maximum atomic E-state index is 13.0. The number of carboxylic acid groups (broad SMARTS) is 1. The third-order valence-corrected chi connectivity index (χ3v) is 20.7. The monoisotopic (exact) mass is 1460 g/mol. The molecule has 0 fully saturated rings. The zero-order valence-electron chi connectivity index (χ0n) is 70.0. The van der Waals surface area contributed by atoms with Crippen LogP contribution in [0.2, 0.25) is 0 Å². The third-order valence-electron chi connectivity index (χ3n) is 20.7. The highest BCUT2D eigenvalue weighted by Gasteiger charge is 2.25. The van der Waals surface area contributed by atoms with Gasteiger partial charge in [0.2, 0.25) is 0 Å². The van der Waals surface area contributed by atoms with Crippen LogP contribution in [0.15, 0.2) is 72.9 Å². The quantitative estimate of drug-likeness (QED) is 0.0211. The Kier molecular flexibility index (Phi) is 82.7. The molecule has 2 atom stereocenters. The molecule has 0 aliphatic rings. The fraction of sp³-hybridized carbons (Fsp3) is 0.842. The molecule has 2 unspecified atom stereocenters. The van der Waals surface area contributed by atoms with Crippen LogP contribution in [0, 0.1) is 0 Å². The largest absolute Gasteiger partial charge is 0.477 e. The molecule has 0 aromatic carbocycles. The van der Waals surface area contributed by atoms with E-state index in [9.17, 15) is 19.5 Å². The maximum absolute atomic E-state index is 13.0. The highest BCUT2D eigenvalue weighted by Crippen LogP contribution is 2.21. The molecule has 9 nitrogen and oxygen atoms in total. The molecule has 1 N–H and O–H groups in total. The Labute approximate surface area is 647 Å². The first-order chi connectivity index (χ1) is 51.1. The molecule has 608 valence electrons. The van der Waals surface area contributed by atoms with Crippen LogP contribution in [0.4, 0.5) is 0 Å². The zero-order valence-corrected chi connectivity index (χ0v) is 70.0. The summed E-state index contributed by atoms with van der Waals surface area (Å²) in [6, 6.07) is 0. The summed E-state index contributed by atoms with van der Waals surface area (Å²) in [7, 11) is 6.00. The van der Waals surface area contributed by atoms with Crippen LogP contribution < -0.4 is 0 Å². The standard InChI is InChI=1S/C95H175NO8/c1-6-8-10-12-14-16-18-20-22-24-26-28-30-32-34-36-38-40-42-44-46-47-48-50-52-54-56-58-60-62-64-66-68-70-72-74-76-78-80-82-84-86-93(98)104-91(90-103-95(94(99)100)101-88-87-96(3,4)5)89-102-92(97)85-83-81-79-77-75-73-71-69-67-65-63-61-59-57-55-53-51-49-45-43-41-39-37-35-33-31-29-27-25-23-21-19-17-15-13-11-9-7-2/h8,10,14,16,20,22,26,28,32,34,38,40,91,95H,6-7,9,11-13,15,17-19,21,23-25,27,29-31,33,35-37,39,41-90H2,1-5H3/p+1/b10-8-,16-14-,22-20-,28-26-,34-32-,40-38-. The summed E-state index contributed by atoms with van der Waals surface area (Å²) in [6.07, 6.45) is 114. The molecule has 0 rings (SSSR count). The van der Waals surface area contributed by atoms with E-state index >= 15 is 0 Å². The second kappa shape index (κ2) is 85.3. The third kappa shape index (κ3) is 86.0. The van der Waals surface area contributed by atoms with Crippen molar-refractivity contribution in [3.8, 4) is 0 Å². The number of ether oxygens (including phenoxy) is 4. The van der Waals surface area contributed by atoms with E-state index < -0.39 is 18.4 Å². The lowest BCUT2D eigenvalue weighted by molar-refractivity contribution is -0.870. The molecule has 0 bridgehead atoms. The van der Waals surface area contributed by atoms with Crippen LogP contribution in [-0.2, 0) is 33.3 Å². The number of carbonyl (C=O) groups is 3. The van der Waals surface area contributed by atoms with Crippen molar-refractivity contribution in [2.45, 2.75) is 469 Å². The van der Waals surface area contributed by atoms with Gasteiger partial charge < -0.3 is 28.5 Å². The van der Waals surface area contributed by atoms with Crippen molar-refractivity contribution in [3.63, 3.8) is 0 Å². The number of hydrogen-bond acceptors (Lipinski definition) is 7. The van der Waals surface area contributed by atoms with Gasteiger partial charge >= 0.3 is 17.9 Å². The van der Waals surface area contributed by atoms with Crippen LogP contribution in [0.5, 0.6) is 0 Å². The lowest BCUT2D eigenvalue weighted by Crippen LogP contribution is -2.40. The number of likely N-dealkylation sites (N-methyl/N-ethyl adjacent to an activating group) is 1. The minimum absolute atomic E-state index is 0.176. The molecule has 0 aromatic rings. The van der Waals surface area contributed by atoms with Gasteiger partial charge in [-0.1, -0.05) is 453 Å². The summed E-state index contributed by atoms with van der Waals surface area (Å²) in [5, 5.41) is 9.80.